The number of anilines is 2. The number of benzene rings is 1. The van der Waals surface area contributed by atoms with Gasteiger partial charge in [-0.05, 0) is 18.2 Å². The smallest absolute Gasteiger partial charge is 0.239 e. The summed E-state index contributed by atoms with van der Waals surface area (Å²) in [5.41, 5.74) is 7.62. The second-order valence-corrected chi connectivity index (χ2v) is 4.79. The van der Waals surface area contributed by atoms with Gasteiger partial charge in [-0.3, -0.25) is 4.79 Å². The van der Waals surface area contributed by atoms with Crippen LogP contribution in [0.5, 0.6) is 5.75 Å². The van der Waals surface area contributed by atoms with E-state index in [2.05, 4.69) is 15.5 Å². The van der Waals surface area contributed by atoms with Crippen molar-refractivity contribution in [3.63, 3.8) is 0 Å². The van der Waals surface area contributed by atoms with Gasteiger partial charge in [0.1, 0.15) is 5.75 Å². The van der Waals surface area contributed by atoms with Gasteiger partial charge in [-0.25, -0.2) is 0 Å². The van der Waals surface area contributed by atoms with Gasteiger partial charge in [0.2, 0.25) is 5.91 Å². The summed E-state index contributed by atoms with van der Waals surface area (Å²) < 4.78 is 0. The maximum atomic E-state index is 11.5. The average molecular weight is 285 g/mol. The Bertz CT molecular complexity index is 689. The maximum Gasteiger partial charge on any atom is 0.239 e. The van der Waals surface area contributed by atoms with Crippen molar-refractivity contribution in [1.82, 2.24) is 15.5 Å². The number of carbonyl (C=O) groups excluding carboxylic acids is 1. The van der Waals surface area contributed by atoms with Crippen LogP contribution in [0.25, 0.3) is 11.3 Å². The number of hydrogen-bond donors (Lipinski definition) is 3. The lowest BCUT2D eigenvalue weighted by Crippen LogP contribution is -2.48. The Morgan fingerprint density at radius 1 is 1.29 bits per heavy atom. The number of para-hydroxylation sites is 1. The van der Waals surface area contributed by atoms with Crippen LogP contribution in [0, 0.1) is 0 Å². The quantitative estimate of drug-likeness (QED) is 0.736. The van der Waals surface area contributed by atoms with Crippen molar-refractivity contribution < 1.29 is 9.90 Å². The van der Waals surface area contributed by atoms with E-state index in [1.165, 1.54) is 0 Å². The number of nitrogens with zero attached hydrogens (tertiary/aromatic N) is 3. The van der Waals surface area contributed by atoms with Crippen molar-refractivity contribution >= 4 is 17.4 Å². The Morgan fingerprint density at radius 2 is 2.10 bits per heavy atom. The molecule has 0 spiro atoms. The third-order valence-electron chi connectivity index (χ3n) is 3.36. The zero-order chi connectivity index (χ0) is 14.8. The molecule has 3 rings (SSSR count). The summed E-state index contributed by atoms with van der Waals surface area (Å²) in [5, 5.41) is 20.6. The lowest BCUT2D eigenvalue weighted by molar-refractivity contribution is -0.120. The predicted molar refractivity (Wildman–Crippen MR) is 78.8 cm³/mol. The first-order valence-corrected chi connectivity index (χ1v) is 6.58. The van der Waals surface area contributed by atoms with E-state index in [1.54, 1.807) is 30.3 Å². The highest BCUT2D eigenvalue weighted by atomic mass is 16.3. The van der Waals surface area contributed by atoms with Crippen molar-refractivity contribution in [2.45, 2.75) is 0 Å². The largest absolute Gasteiger partial charge is 0.507 e. The number of phenolic OH excluding ortho intramolecular Hbond substituents is 1. The van der Waals surface area contributed by atoms with E-state index >= 15 is 0 Å². The molecule has 108 valence electrons. The number of nitrogens with one attached hydrogen (secondary N) is 1. The summed E-state index contributed by atoms with van der Waals surface area (Å²) in [6.45, 7) is 1.45. The minimum absolute atomic E-state index is 0.0541. The highest BCUT2D eigenvalue weighted by molar-refractivity contribution is 5.84. The average Bonchev–Trinajstić information content (AvgIpc) is 2.48. The topological polar surface area (TPSA) is 104 Å². The monoisotopic (exact) mass is 285 g/mol. The minimum atomic E-state index is -0.0541. The maximum absolute atomic E-state index is 11.5. The SMILES string of the molecule is Nc1nnc(-c2ccccc2O)cc1N1CCNC(=O)C1. The van der Waals surface area contributed by atoms with Crippen molar-refractivity contribution in [2.75, 3.05) is 30.3 Å². The second kappa shape index (κ2) is 5.28. The van der Waals surface area contributed by atoms with E-state index in [4.69, 9.17) is 5.73 Å². The Kier molecular flexibility index (Phi) is 3.31. The Balaban J connectivity index is 2.00. The van der Waals surface area contributed by atoms with Crippen molar-refractivity contribution in [3.8, 4) is 17.0 Å². The molecule has 2 heterocycles. The standard InChI is InChI=1S/C14H15N5O2/c15-14-11(19-6-5-16-13(21)8-19)7-10(17-18-14)9-3-1-2-4-12(9)20/h1-4,7,20H,5-6,8H2,(H2,15,18)(H,16,21). The molecule has 0 bridgehead atoms. The Morgan fingerprint density at radius 3 is 2.86 bits per heavy atom. The molecule has 2 aromatic rings. The molecule has 1 fully saturated rings. The number of hydrogen-bond acceptors (Lipinski definition) is 6. The van der Waals surface area contributed by atoms with Gasteiger partial charge in [-0.2, -0.15) is 0 Å². The first-order chi connectivity index (χ1) is 10.1. The van der Waals surface area contributed by atoms with Crippen LogP contribution in [0.3, 0.4) is 0 Å². The van der Waals surface area contributed by atoms with Gasteiger partial charge in [0.25, 0.3) is 0 Å². The molecule has 21 heavy (non-hydrogen) atoms. The lowest BCUT2D eigenvalue weighted by atomic mass is 10.1. The molecule has 0 saturated carbocycles. The van der Waals surface area contributed by atoms with E-state index in [9.17, 15) is 9.90 Å². The second-order valence-electron chi connectivity index (χ2n) is 4.79. The third kappa shape index (κ3) is 2.58. The molecule has 0 atom stereocenters. The molecule has 4 N–H and O–H groups in total. The van der Waals surface area contributed by atoms with E-state index in [0.29, 0.717) is 30.0 Å². The first-order valence-electron chi connectivity index (χ1n) is 6.58. The van der Waals surface area contributed by atoms with Gasteiger partial charge in [0, 0.05) is 18.7 Å². The number of aromatic nitrogens is 2. The van der Waals surface area contributed by atoms with Gasteiger partial charge in [0.15, 0.2) is 5.82 Å². The van der Waals surface area contributed by atoms with Crippen molar-refractivity contribution in [3.05, 3.63) is 30.3 Å². The number of nitrogens with two attached hydrogens (primary N) is 1. The fourth-order valence-electron chi connectivity index (χ4n) is 2.31. The molecular weight excluding hydrogens is 270 g/mol. The Labute approximate surface area is 121 Å². The van der Waals surface area contributed by atoms with E-state index < -0.39 is 0 Å². The summed E-state index contributed by atoms with van der Waals surface area (Å²) in [6.07, 6.45) is 0. The van der Waals surface area contributed by atoms with Crippen molar-refractivity contribution in [1.29, 1.82) is 0 Å². The fraction of sp³-hybridized carbons (Fsp3) is 0.214. The number of rotatable bonds is 2. The summed E-state index contributed by atoms with van der Waals surface area (Å²) >= 11 is 0. The highest BCUT2D eigenvalue weighted by Crippen LogP contribution is 2.31. The van der Waals surface area contributed by atoms with Crippen molar-refractivity contribution in [2.24, 2.45) is 0 Å². The molecule has 7 heteroatoms. The molecule has 7 nitrogen and oxygen atoms in total. The Hall–Kier alpha value is -2.83. The molecule has 1 aliphatic rings. The lowest BCUT2D eigenvalue weighted by Gasteiger charge is -2.29. The third-order valence-corrected chi connectivity index (χ3v) is 3.36. The van der Waals surface area contributed by atoms with Gasteiger partial charge in [-0.1, -0.05) is 12.1 Å². The number of carbonyl (C=O) groups is 1. The van der Waals surface area contributed by atoms with Crippen LogP contribution >= 0.6 is 0 Å². The molecule has 0 aliphatic carbocycles. The summed E-state index contributed by atoms with van der Waals surface area (Å²) in [5.74, 6) is 0.337. The van der Waals surface area contributed by atoms with Crippen LogP contribution in [0.4, 0.5) is 11.5 Å². The number of phenols is 1. The molecule has 1 aromatic carbocycles. The minimum Gasteiger partial charge on any atom is -0.507 e. The highest BCUT2D eigenvalue weighted by Gasteiger charge is 2.20. The molecular formula is C14H15N5O2. The first kappa shape index (κ1) is 13.2. The van der Waals surface area contributed by atoms with Gasteiger partial charge >= 0.3 is 0 Å². The summed E-state index contributed by atoms with van der Waals surface area (Å²) in [6, 6.07) is 8.63. The van der Waals surface area contributed by atoms with Crippen LogP contribution in [0.2, 0.25) is 0 Å². The van der Waals surface area contributed by atoms with Gasteiger partial charge in [0.05, 0.1) is 17.9 Å². The van der Waals surface area contributed by atoms with Crippen LogP contribution in [0.1, 0.15) is 0 Å². The van der Waals surface area contributed by atoms with Gasteiger partial charge < -0.3 is 21.1 Å². The number of aromatic hydroxyl groups is 1. The number of piperazine rings is 1. The molecule has 1 saturated heterocycles. The van der Waals surface area contributed by atoms with E-state index in [-0.39, 0.29) is 24.0 Å². The molecule has 1 aromatic heterocycles. The summed E-state index contributed by atoms with van der Waals surface area (Å²) in [7, 11) is 0. The fourth-order valence-corrected chi connectivity index (χ4v) is 2.31. The van der Waals surface area contributed by atoms with E-state index in [0.717, 1.165) is 0 Å². The normalized spacial score (nSPS) is 14.9. The van der Waals surface area contributed by atoms with Gasteiger partial charge in [-0.15, -0.1) is 10.2 Å². The number of amides is 1. The van der Waals surface area contributed by atoms with Crippen LogP contribution in [0.15, 0.2) is 30.3 Å². The van der Waals surface area contributed by atoms with Crippen LogP contribution in [-0.4, -0.2) is 40.8 Å². The predicted octanol–water partition coefficient (Wildman–Crippen LogP) is 0.368. The van der Waals surface area contributed by atoms with Crippen LogP contribution in [-0.2, 0) is 4.79 Å². The molecule has 1 aliphatic heterocycles. The van der Waals surface area contributed by atoms with E-state index in [1.807, 2.05) is 4.90 Å². The summed E-state index contributed by atoms with van der Waals surface area (Å²) in [4.78, 5) is 13.4. The van der Waals surface area contributed by atoms with Crippen LogP contribution < -0.4 is 16.0 Å². The zero-order valence-electron chi connectivity index (χ0n) is 11.3. The molecule has 1 amide bonds. The zero-order valence-corrected chi connectivity index (χ0v) is 11.3. The molecule has 0 radical (unpaired) electrons. The molecule has 0 unspecified atom stereocenters. The number of nitrogen functional groups attached to an aromatic ring is 1.